The van der Waals surface area contributed by atoms with E-state index in [9.17, 15) is 17.6 Å². The molecule has 0 saturated carbocycles. The van der Waals surface area contributed by atoms with Gasteiger partial charge in [-0.15, -0.1) is 0 Å². The number of ether oxygens (including phenoxy) is 1. The van der Waals surface area contributed by atoms with Crippen LogP contribution in [0.2, 0.25) is 0 Å². The lowest BCUT2D eigenvalue weighted by Crippen LogP contribution is -2.18. The molecule has 0 bridgehead atoms. The van der Waals surface area contributed by atoms with Crippen molar-refractivity contribution in [2.75, 3.05) is 5.32 Å². The molecule has 186 valence electrons. The van der Waals surface area contributed by atoms with Gasteiger partial charge in [0.1, 0.15) is 23.9 Å². The van der Waals surface area contributed by atoms with Gasteiger partial charge in [-0.1, -0.05) is 48.5 Å². The van der Waals surface area contributed by atoms with E-state index < -0.39 is 15.7 Å². The fraction of sp³-hybridized carbons (Fsp3) is 0.0690. The van der Waals surface area contributed by atoms with Gasteiger partial charge >= 0.3 is 0 Å². The molecule has 0 unspecified atom stereocenters. The van der Waals surface area contributed by atoms with Gasteiger partial charge in [-0.2, -0.15) is 0 Å². The molecule has 8 heteroatoms. The Hall–Kier alpha value is -4.43. The summed E-state index contributed by atoms with van der Waals surface area (Å²) in [5.74, 6) is 0.191. The summed E-state index contributed by atoms with van der Waals surface area (Å²) < 4.78 is 47.4. The lowest BCUT2D eigenvalue weighted by atomic mass is 10.2. The molecule has 0 aliphatic carbocycles. The van der Waals surface area contributed by atoms with Crippen LogP contribution in [0.5, 0.6) is 11.5 Å². The average molecular weight is 515 g/mol. The zero-order valence-electron chi connectivity index (χ0n) is 19.7. The van der Waals surface area contributed by atoms with E-state index in [-0.39, 0.29) is 23.1 Å². The van der Waals surface area contributed by atoms with Gasteiger partial charge in [0.25, 0.3) is 0 Å². The van der Waals surface area contributed by atoms with Gasteiger partial charge in [-0.3, -0.25) is 4.79 Å². The predicted octanol–water partition coefficient (Wildman–Crippen LogP) is 6.19. The number of amides is 1. The Labute approximate surface area is 213 Å². The quantitative estimate of drug-likeness (QED) is 0.268. The number of rotatable bonds is 8. The number of sulfone groups is 1. The first-order chi connectivity index (χ1) is 17.9. The second-order valence-electron chi connectivity index (χ2n) is 8.52. The maximum Gasteiger partial charge on any atom is 0.244 e. The molecular weight excluding hydrogens is 491 g/mol. The molecule has 0 saturated heterocycles. The number of nitrogens with zero attached hydrogens (tertiary/aromatic N) is 1. The highest BCUT2D eigenvalue weighted by atomic mass is 32.2. The molecule has 37 heavy (non-hydrogen) atoms. The Bertz CT molecular complexity index is 1660. The summed E-state index contributed by atoms with van der Waals surface area (Å²) in [7, 11) is -3.79. The van der Waals surface area contributed by atoms with Crippen LogP contribution >= 0.6 is 0 Å². The number of hydrogen-bond acceptors (Lipinski definition) is 4. The predicted molar refractivity (Wildman–Crippen MR) is 141 cm³/mol. The van der Waals surface area contributed by atoms with Crippen molar-refractivity contribution in [2.45, 2.75) is 17.2 Å². The number of fused-ring (bicyclic) bond motifs is 1. The first-order valence-corrected chi connectivity index (χ1v) is 13.2. The molecule has 1 N–H and O–H groups in total. The van der Waals surface area contributed by atoms with Gasteiger partial charge in [0.05, 0.1) is 10.6 Å². The van der Waals surface area contributed by atoms with Crippen molar-refractivity contribution < 1.29 is 22.3 Å². The molecule has 4 aromatic carbocycles. The van der Waals surface area contributed by atoms with E-state index >= 15 is 0 Å². The van der Waals surface area contributed by atoms with E-state index in [1.807, 2.05) is 30.3 Å². The Morgan fingerprint density at radius 2 is 1.54 bits per heavy atom. The van der Waals surface area contributed by atoms with Gasteiger partial charge < -0.3 is 14.6 Å². The Morgan fingerprint density at radius 3 is 2.30 bits per heavy atom. The number of anilines is 1. The van der Waals surface area contributed by atoms with Gasteiger partial charge in [-0.05, 0) is 60.2 Å². The highest BCUT2D eigenvalue weighted by Crippen LogP contribution is 2.28. The third-order valence-electron chi connectivity index (χ3n) is 5.76. The van der Waals surface area contributed by atoms with Crippen molar-refractivity contribution in [1.29, 1.82) is 0 Å². The van der Waals surface area contributed by atoms with Gasteiger partial charge in [0, 0.05) is 22.8 Å². The molecule has 0 spiro atoms. The largest absolute Gasteiger partial charge is 0.457 e. The van der Waals surface area contributed by atoms with Crippen molar-refractivity contribution in [3.8, 4) is 11.5 Å². The summed E-state index contributed by atoms with van der Waals surface area (Å²) in [6.07, 6.45) is 1.47. The first-order valence-electron chi connectivity index (χ1n) is 11.6. The Balaban J connectivity index is 1.33. The van der Waals surface area contributed by atoms with Crippen molar-refractivity contribution in [3.63, 3.8) is 0 Å². The highest BCUT2D eigenvalue weighted by molar-refractivity contribution is 7.90. The van der Waals surface area contributed by atoms with Gasteiger partial charge in [0.15, 0.2) is 9.84 Å². The van der Waals surface area contributed by atoms with Crippen LogP contribution in [-0.2, 0) is 26.9 Å². The number of carbonyl (C=O) groups excluding carboxylic acids is 1. The van der Waals surface area contributed by atoms with Crippen LogP contribution in [0, 0.1) is 5.82 Å². The van der Waals surface area contributed by atoms with E-state index in [4.69, 9.17) is 4.74 Å². The van der Waals surface area contributed by atoms with E-state index in [0.29, 0.717) is 33.7 Å². The number of aromatic nitrogens is 1. The van der Waals surface area contributed by atoms with Gasteiger partial charge in [-0.25, -0.2) is 12.8 Å². The number of benzene rings is 4. The Morgan fingerprint density at radius 1 is 0.838 bits per heavy atom. The maximum absolute atomic E-state index is 13.6. The molecule has 6 nitrogen and oxygen atoms in total. The molecule has 0 aliphatic rings. The molecule has 5 aromatic rings. The minimum absolute atomic E-state index is 0.0851. The van der Waals surface area contributed by atoms with Crippen LogP contribution in [0.3, 0.4) is 0 Å². The van der Waals surface area contributed by atoms with Crippen molar-refractivity contribution in [1.82, 2.24) is 4.57 Å². The minimum atomic E-state index is -3.79. The number of carbonyl (C=O) groups is 1. The third-order valence-corrected chi connectivity index (χ3v) is 7.47. The number of para-hydroxylation sites is 2. The fourth-order valence-electron chi connectivity index (χ4n) is 4.10. The van der Waals surface area contributed by atoms with Crippen molar-refractivity contribution >= 4 is 32.3 Å². The third kappa shape index (κ3) is 5.70. The normalized spacial score (nSPS) is 11.4. The number of hydrogen-bond donors (Lipinski definition) is 1. The van der Waals surface area contributed by atoms with Crippen molar-refractivity contribution in [3.05, 3.63) is 121 Å². The average Bonchev–Trinajstić information content (AvgIpc) is 3.25. The summed E-state index contributed by atoms with van der Waals surface area (Å²) in [6, 6.07) is 28.9. The summed E-state index contributed by atoms with van der Waals surface area (Å²) in [5, 5.41) is 3.34. The molecular formula is C29H23FN2O4S. The smallest absolute Gasteiger partial charge is 0.244 e. The van der Waals surface area contributed by atoms with Crippen LogP contribution in [0.25, 0.3) is 10.9 Å². The summed E-state index contributed by atoms with van der Waals surface area (Å²) >= 11 is 0. The lowest BCUT2D eigenvalue weighted by molar-refractivity contribution is -0.116. The summed E-state index contributed by atoms with van der Waals surface area (Å²) in [5.41, 5.74) is 1.55. The molecule has 0 atom stereocenters. The fourth-order valence-corrected chi connectivity index (χ4v) is 5.67. The molecule has 1 heterocycles. The van der Waals surface area contributed by atoms with Crippen LogP contribution < -0.4 is 10.1 Å². The maximum atomic E-state index is 13.6. The zero-order valence-corrected chi connectivity index (χ0v) is 20.5. The molecule has 1 amide bonds. The lowest BCUT2D eigenvalue weighted by Gasteiger charge is -2.09. The van der Waals surface area contributed by atoms with E-state index in [0.717, 1.165) is 0 Å². The topological polar surface area (TPSA) is 77.4 Å². The van der Waals surface area contributed by atoms with Crippen LogP contribution in [0.15, 0.2) is 114 Å². The molecule has 0 radical (unpaired) electrons. The zero-order chi connectivity index (χ0) is 25.8. The SMILES string of the molecule is O=C(Cn1cc(S(=O)(=O)Cc2cccc(F)c2)c2ccccc21)Nc1ccc(Oc2ccccc2)cc1. The molecule has 1 aromatic heterocycles. The van der Waals surface area contributed by atoms with E-state index in [1.54, 1.807) is 59.2 Å². The monoisotopic (exact) mass is 514 g/mol. The molecule has 5 rings (SSSR count). The second-order valence-corrected chi connectivity index (χ2v) is 10.5. The van der Waals surface area contributed by atoms with Crippen molar-refractivity contribution in [2.24, 2.45) is 0 Å². The van der Waals surface area contributed by atoms with Crippen LogP contribution in [0.4, 0.5) is 10.1 Å². The molecule has 0 aliphatic heterocycles. The standard InChI is InChI=1S/C29H23FN2O4S/c30-22-8-6-7-21(17-22)20-37(34,35)28-18-32(27-12-5-4-11-26(27)28)19-29(33)31-23-13-15-25(16-14-23)36-24-9-2-1-3-10-24/h1-18H,19-20H2,(H,31,33). The van der Waals surface area contributed by atoms with E-state index in [1.165, 1.54) is 24.4 Å². The first kappa shape index (κ1) is 24.3. The minimum Gasteiger partial charge on any atom is -0.457 e. The second kappa shape index (κ2) is 10.3. The van der Waals surface area contributed by atoms with E-state index in [2.05, 4.69) is 5.32 Å². The summed E-state index contributed by atoms with van der Waals surface area (Å²) in [4.78, 5) is 12.9. The molecule has 0 fully saturated rings. The highest BCUT2D eigenvalue weighted by Gasteiger charge is 2.22. The summed E-state index contributed by atoms with van der Waals surface area (Å²) in [6.45, 7) is -0.0851. The van der Waals surface area contributed by atoms with Crippen LogP contribution in [0.1, 0.15) is 5.56 Å². The van der Waals surface area contributed by atoms with Crippen LogP contribution in [-0.4, -0.2) is 18.9 Å². The number of nitrogens with one attached hydrogen (secondary N) is 1. The van der Waals surface area contributed by atoms with Gasteiger partial charge in [0.2, 0.25) is 5.91 Å². The Kier molecular flexibility index (Phi) is 6.74. The number of halogens is 1.